The van der Waals surface area contributed by atoms with Gasteiger partial charge in [0.2, 0.25) is 0 Å². The van der Waals surface area contributed by atoms with Gasteiger partial charge < -0.3 is 0 Å². The minimum absolute atomic E-state index is 0.957. The second kappa shape index (κ2) is 8.30. The molecule has 4 rings (SSSR count). The highest BCUT2D eigenvalue weighted by Crippen LogP contribution is 2.28. The average molecular weight is 379 g/mol. The highest BCUT2D eigenvalue weighted by molar-refractivity contribution is 7.15. The summed E-state index contributed by atoms with van der Waals surface area (Å²) in [5.74, 6) is 0. The Morgan fingerprint density at radius 1 is 0.852 bits per heavy atom. The van der Waals surface area contributed by atoms with Gasteiger partial charge in [-0.05, 0) is 31.0 Å². The number of aryl methyl sites for hydroxylation is 2. The number of benzene rings is 1. The van der Waals surface area contributed by atoms with Gasteiger partial charge in [-0.1, -0.05) is 30.3 Å². The van der Waals surface area contributed by atoms with Crippen LogP contribution in [0.15, 0.2) is 48.8 Å². The Labute approximate surface area is 165 Å². The Balaban J connectivity index is 1.32. The van der Waals surface area contributed by atoms with E-state index in [9.17, 15) is 0 Å². The van der Waals surface area contributed by atoms with E-state index in [0.717, 1.165) is 44.3 Å². The molecule has 1 aromatic carbocycles. The van der Waals surface area contributed by atoms with Gasteiger partial charge in [-0.2, -0.15) is 0 Å². The Hall–Kier alpha value is -2.08. The molecule has 4 nitrogen and oxygen atoms in total. The third-order valence-electron chi connectivity index (χ3n) is 5.26. The maximum absolute atomic E-state index is 4.67. The average Bonchev–Trinajstić information content (AvgIpc) is 3.14. The zero-order chi connectivity index (χ0) is 18.6. The van der Waals surface area contributed by atoms with Crippen molar-refractivity contribution in [2.24, 2.45) is 0 Å². The standard InChI is InChI=1S/C22H26N4S/c1-17-6-3-4-8-20(17)22-24-14-19(27-22)15-25-10-12-26(13-11-25)16-21-18(2)7-5-9-23-21/h3-9,14H,10-13,15-16H2,1-2H3. The molecule has 1 saturated heterocycles. The van der Waals surface area contributed by atoms with Crippen LogP contribution in [0.25, 0.3) is 10.6 Å². The van der Waals surface area contributed by atoms with Crippen LogP contribution in [0.2, 0.25) is 0 Å². The largest absolute Gasteiger partial charge is 0.296 e. The summed E-state index contributed by atoms with van der Waals surface area (Å²) < 4.78 is 0. The topological polar surface area (TPSA) is 32.3 Å². The zero-order valence-corrected chi connectivity index (χ0v) is 16.9. The van der Waals surface area contributed by atoms with Crippen LogP contribution in [-0.2, 0) is 13.1 Å². The fraction of sp³-hybridized carbons (Fsp3) is 0.364. The number of hydrogen-bond acceptors (Lipinski definition) is 5. The first kappa shape index (κ1) is 18.3. The first-order chi connectivity index (χ1) is 13.2. The van der Waals surface area contributed by atoms with Crippen LogP contribution in [-0.4, -0.2) is 45.9 Å². The Kier molecular flexibility index (Phi) is 5.62. The fourth-order valence-electron chi connectivity index (χ4n) is 3.54. The van der Waals surface area contributed by atoms with Crippen LogP contribution >= 0.6 is 11.3 Å². The second-order valence-corrected chi connectivity index (χ2v) is 8.38. The van der Waals surface area contributed by atoms with E-state index >= 15 is 0 Å². The molecular weight excluding hydrogens is 352 g/mol. The molecule has 0 atom stereocenters. The van der Waals surface area contributed by atoms with Crippen LogP contribution in [0.1, 0.15) is 21.7 Å². The van der Waals surface area contributed by atoms with Crippen molar-refractivity contribution in [1.82, 2.24) is 19.8 Å². The van der Waals surface area contributed by atoms with Gasteiger partial charge in [-0.15, -0.1) is 11.3 Å². The molecule has 2 aromatic heterocycles. The van der Waals surface area contributed by atoms with Gasteiger partial charge in [-0.25, -0.2) is 4.98 Å². The van der Waals surface area contributed by atoms with Crippen LogP contribution in [0.3, 0.4) is 0 Å². The number of nitrogens with zero attached hydrogens (tertiary/aromatic N) is 4. The van der Waals surface area contributed by atoms with E-state index in [4.69, 9.17) is 0 Å². The number of rotatable bonds is 5. The third-order valence-corrected chi connectivity index (χ3v) is 6.28. The van der Waals surface area contributed by atoms with E-state index in [1.54, 1.807) is 0 Å². The Morgan fingerprint density at radius 3 is 2.30 bits per heavy atom. The smallest absolute Gasteiger partial charge is 0.123 e. The Morgan fingerprint density at radius 2 is 1.56 bits per heavy atom. The maximum atomic E-state index is 4.67. The highest BCUT2D eigenvalue weighted by atomic mass is 32.1. The highest BCUT2D eigenvalue weighted by Gasteiger charge is 2.19. The summed E-state index contributed by atoms with van der Waals surface area (Å²) >= 11 is 1.82. The van der Waals surface area contributed by atoms with Gasteiger partial charge in [0.1, 0.15) is 5.01 Å². The molecule has 1 fully saturated rings. The van der Waals surface area contributed by atoms with Crippen molar-refractivity contribution < 1.29 is 0 Å². The van der Waals surface area contributed by atoms with E-state index in [0.29, 0.717) is 0 Å². The van der Waals surface area contributed by atoms with Crippen LogP contribution in [0, 0.1) is 13.8 Å². The van der Waals surface area contributed by atoms with E-state index in [1.807, 2.05) is 23.6 Å². The SMILES string of the molecule is Cc1ccccc1-c1ncc(CN2CCN(Cc3ncccc3C)CC2)s1. The van der Waals surface area contributed by atoms with Gasteiger partial charge in [0.15, 0.2) is 0 Å². The van der Waals surface area contributed by atoms with E-state index in [1.165, 1.54) is 27.3 Å². The molecule has 0 radical (unpaired) electrons. The number of thiazole rings is 1. The van der Waals surface area contributed by atoms with E-state index < -0.39 is 0 Å². The third kappa shape index (κ3) is 4.43. The van der Waals surface area contributed by atoms with Crippen molar-refractivity contribution >= 4 is 11.3 Å². The van der Waals surface area contributed by atoms with Gasteiger partial charge >= 0.3 is 0 Å². The summed E-state index contributed by atoms with van der Waals surface area (Å²) in [6.07, 6.45) is 3.95. The van der Waals surface area contributed by atoms with Crippen molar-refractivity contribution in [2.45, 2.75) is 26.9 Å². The van der Waals surface area contributed by atoms with Crippen LogP contribution in [0.5, 0.6) is 0 Å². The second-order valence-electron chi connectivity index (χ2n) is 7.27. The van der Waals surface area contributed by atoms with Crippen LogP contribution < -0.4 is 0 Å². The summed E-state index contributed by atoms with van der Waals surface area (Å²) in [5, 5.41) is 1.13. The minimum Gasteiger partial charge on any atom is -0.296 e. The molecule has 0 bridgehead atoms. The molecule has 3 heterocycles. The molecule has 0 spiro atoms. The normalized spacial score (nSPS) is 15.9. The summed E-state index contributed by atoms with van der Waals surface area (Å²) in [6, 6.07) is 12.6. The van der Waals surface area contributed by atoms with Crippen molar-refractivity contribution in [1.29, 1.82) is 0 Å². The van der Waals surface area contributed by atoms with E-state index in [-0.39, 0.29) is 0 Å². The van der Waals surface area contributed by atoms with Crippen molar-refractivity contribution in [2.75, 3.05) is 26.2 Å². The van der Waals surface area contributed by atoms with Crippen molar-refractivity contribution in [3.63, 3.8) is 0 Å². The quantitative estimate of drug-likeness (QED) is 0.668. The molecule has 0 unspecified atom stereocenters. The summed E-state index contributed by atoms with van der Waals surface area (Å²) in [6.45, 7) is 10.7. The lowest BCUT2D eigenvalue weighted by Gasteiger charge is -2.34. The number of piperazine rings is 1. The molecule has 5 heteroatoms. The molecule has 1 aliphatic heterocycles. The first-order valence-corrected chi connectivity index (χ1v) is 10.4. The molecule has 0 saturated carbocycles. The Bertz CT molecular complexity index is 897. The van der Waals surface area contributed by atoms with Crippen molar-refractivity contribution in [3.8, 4) is 10.6 Å². The molecule has 1 aliphatic rings. The molecule has 0 N–H and O–H groups in total. The maximum Gasteiger partial charge on any atom is 0.123 e. The molecule has 27 heavy (non-hydrogen) atoms. The van der Waals surface area contributed by atoms with Crippen LogP contribution in [0.4, 0.5) is 0 Å². The fourth-order valence-corrected chi connectivity index (χ4v) is 4.58. The lowest BCUT2D eigenvalue weighted by molar-refractivity contribution is 0.121. The van der Waals surface area contributed by atoms with Gasteiger partial charge in [0.05, 0.1) is 5.69 Å². The molecular formula is C22H26N4S. The lowest BCUT2D eigenvalue weighted by Crippen LogP contribution is -2.45. The summed E-state index contributed by atoms with van der Waals surface area (Å²) in [4.78, 5) is 15.6. The molecule has 0 aliphatic carbocycles. The predicted molar refractivity (Wildman–Crippen MR) is 112 cm³/mol. The summed E-state index contributed by atoms with van der Waals surface area (Å²) in [7, 11) is 0. The zero-order valence-electron chi connectivity index (χ0n) is 16.1. The molecule has 3 aromatic rings. The van der Waals surface area contributed by atoms with Gasteiger partial charge in [0, 0.05) is 62.1 Å². The minimum atomic E-state index is 0.957. The van der Waals surface area contributed by atoms with Gasteiger partial charge in [0.25, 0.3) is 0 Å². The van der Waals surface area contributed by atoms with Crippen molar-refractivity contribution in [3.05, 3.63) is 70.5 Å². The van der Waals surface area contributed by atoms with E-state index in [2.05, 4.69) is 70.1 Å². The lowest BCUT2D eigenvalue weighted by atomic mass is 10.1. The predicted octanol–water partition coefficient (Wildman–Crippen LogP) is 4.14. The monoisotopic (exact) mass is 378 g/mol. The first-order valence-electron chi connectivity index (χ1n) is 9.55. The summed E-state index contributed by atoms with van der Waals surface area (Å²) in [5.41, 5.74) is 5.03. The molecule has 0 amide bonds. The number of hydrogen-bond donors (Lipinski definition) is 0. The van der Waals surface area contributed by atoms with Gasteiger partial charge in [-0.3, -0.25) is 14.8 Å². The number of aromatic nitrogens is 2. The molecule has 140 valence electrons. The number of pyridine rings is 1.